The molecule has 190 valence electrons. The van der Waals surface area contributed by atoms with Crippen molar-refractivity contribution in [2.24, 2.45) is 5.73 Å². The molecule has 2 aromatic carbocycles. The van der Waals surface area contributed by atoms with Gasteiger partial charge in [0.25, 0.3) is 5.91 Å². The largest absolute Gasteiger partial charge is 0.488 e. The first kappa shape index (κ1) is 25.4. The van der Waals surface area contributed by atoms with Gasteiger partial charge in [-0.1, -0.05) is 25.5 Å². The summed E-state index contributed by atoms with van der Waals surface area (Å²) in [5.74, 6) is 1.28. The molecule has 6 nitrogen and oxygen atoms in total. The van der Waals surface area contributed by atoms with Crippen LogP contribution in [-0.2, 0) is 12.8 Å². The number of nitrogens with zero attached hydrogens (tertiary/aromatic N) is 2. The van der Waals surface area contributed by atoms with Gasteiger partial charge < -0.3 is 20.1 Å². The Morgan fingerprint density at radius 2 is 1.94 bits per heavy atom. The molecule has 0 aromatic heterocycles. The summed E-state index contributed by atoms with van der Waals surface area (Å²) in [6.07, 6.45) is 4.05. The van der Waals surface area contributed by atoms with Crippen LogP contribution in [0, 0.1) is 6.92 Å². The molecule has 1 amide bonds. The van der Waals surface area contributed by atoms with E-state index in [1.807, 2.05) is 18.2 Å². The van der Waals surface area contributed by atoms with Crippen LogP contribution in [0.5, 0.6) is 11.5 Å². The Kier molecular flexibility index (Phi) is 7.60. The van der Waals surface area contributed by atoms with Crippen molar-refractivity contribution < 1.29 is 14.3 Å². The molecular formula is C29H41N3O3. The summed E-state index contributed by atoms with van der Waals surface area (Å²) in [7, 11) is 0. The van der Waals surface area contributed by atoms with Crippen LogP contribution >= 0.6 is 0 Å². The fourth-order valence-corrected chi connectivity index (χ4v) is 5.58. The molecule has 2 N–H and O–H groups in total. The summed E-state index contributed by atoms with van der Waals surface area (Å²) in [4.78, 5) is 17.2. The van der Waals surface area contributed by atoms with Crippen LogP contribution in [0.15, 0.2) is 30.3 Å². The van der Waals surface area contributed by atoms with Crippen molar-refractivity contribution in [3.05, 3.63) is 52.6 Å². The smallest absolute Gasteiger partial charge is 0.250 e. The Labute approximate surface area is 210 Å². The number of hydrogen-bond acceptors (Lipinski definition) is 5. The highest BCUT2D eigenvalue weighted by molar-refractivity contribution is 6.00. The van der Waals surface area contributed by atoms with E-state index in [1.165, 1.54) is 11.1 Å². The van der Waals surface area contributed by atoms with Crippen molar-refractivity contribution in [3.63, 3.8) is 0 Å². The zero-order chi connectivity index (χ0) is 25.2. The van der Waals surface area contributed by atoms with Crippen molar-refractivity contribution in [1.82, 2.24) is 4.90 Å². The number of rotatable bonds is 7. The van der Waals surface area contributed by atoms with Gasteiger partial charge in [0.1, 0.15) is 13.2 Å². The fraction of sp³-hybridized carbons (Fsp3) is 0.552. The van der Waals surface area contributed by atoms with Crippen molar-refractivity contribution in [2.45, 2.75) is 71.9 Å². The van der Waals surface area contributed by atoms with Crippen LogP contribution in [-0.4, -0.2) is 55.2 Å². The Morgan fingerprint density at radius 3 is 2.69 bits per heavy atom. The minimum Gasteiger partial charge on any atom is -0.488 e. The second-order valence-corrected chi connectivity index (χ2v) is 10.8. The van der Waals surface area contributed by atoms with Crippen molar-refractivity contribution in [3.8, 4) is 11.5 Å². The second kappa shape index (κ2) is 10.5. The molecule has 0 bridgehead atoms. The van der Waals surface area contributed by atoms with Gasteiger partial charge in [-0.15, -0.1) is 0 Å². The Morgan fingerprint density at radius 1 is 1.14 bits per heavy atom. The molecule has 2 aliphatic rings. The molecule has 35 heavy (non-hydrogen) atoms. The molecule has 0 unspecified atom stereocenters. The summed E-state index contributed by atoms with van der Waals surface area (Å²) < 4.78 is 12.4. The van der Waals surface area contributed by atoms with E-state index in [4.69, 9.17) is 15.2 Å². The van der Waals surface area contributed by atoms with Gasteiger partial charge in [-0.3, -0.25) is 9.69 Å². The molecule has 4 rings (SSSR count). The van der Waals surface area contributed by atoms with E-state index in [9.17, 15) is 4.79 Å². The number of nitrogens with two attached hydrogens (primary N) is 1. The van der Waals surface area contributed by atoms with E-state index in [0.717, 1.165) is 68.1 Å². The van der Waals surface area contributed by atoms with Crippen LogP contribution in [0.4, 0.5) is 5.69 Å². The highest BCUT2D eigenvalue weighted by Crippen LogP contribution is 2.35. The van der Waals surface area contributed by atoms with E-state index >= 15 is 0 Å². The van der Waals surface area contributed by atoms with Crippen LogP contribution in [0.2, 0.25) is 0 Å². The molecule has 2 heterocycles. The zero-order valence-corrected chi connectivity index (χ0v) is 22.0. The third-order valence-electron chi connectivity index (χ3n) is 7.37. The van der Waals surface area contributed by atoms with E-state index in [1.54, 1.807) is 0 Å². The number of fused-ring (bicyclic) bond motifs is 2. The molecule has 0 radical (unpaired) electrons. The Hall–Kier alpha value is -2.73. The Bertz CT molecular complexity index is 1070. The minimum atomic E-state index is -0.336. The summed E-state index contributed by atoms with van der Waals surface area (Å²) >= 11 is 0. The number of unbranched alkanes of at least 4 members (excludes halogenated alkanes) is 1. The lowest BCUT2D eigenvalue weighted by atomic mass is 9.94. The molecule has 0 spiro atoms. The highest BCUT2D eigenvalue weighted by atomic mass is 16.5. The lowest BCUT2D eigenvalue weighted by Gasteiger charge is -2.41. The third-order valence-corrected chi connectivity index (χ3v) is 7.37. The van der Waals surface area contributed by atoms with Crippen LogP contribution in [0.1, 0.15) is 67.6 Å². The van der Waals surface area contributed by atoms with Crippen LogP contribution in [0.3, 0.4) is 0 Å². The average Bonchev–Trinajstić information content (AvgIpc) is 3.23. The van der Waals surface area contributed by atoms with Gasteiger partial charge in [0.2, 0.25) is 0 Å². The van der Waals surface area contributed by atoms with Gasteiger partial charge >= 0.3 is 0 Å². The first-order valence-corrected chi connectivity index (χ1v) is 13.0. The molecule has 0 fully saturated rings. The molecule has 6 heteroatoms. The Balaban J connectivity index is 1.54. The highest BCUT2D eigenvalue weighted by Gasteiger charge is 2.33. The van der Waals surface area contributed by atoms with Crippen molar-refractivity contribution in [1.29, 1.82) is 0 Å². The standard InChI is InChI=1S/C29H41N3O3/c1-6-7-11-31-12-10-23-17-22(18-24(27(23)31)28(30)33)16-21(3)32-13-14-34-25-9-8-20(2)15-26(25)35-19-29(32,4)5/h8-9,15,17-18,21H,6-7,10-14,16,19H2,1-5H3,(H2,30,33)/t21-/m1/s1. The zero-order valence-electron chi connectivity index (χ0n) is 22.0. The number of carbonyl (C=O) groups is 1. The number of hydrogen-bond donors (Lipinski definition) is 1. The van der Waals surface area contributed by atoms with E-state index in [-0.39, 0.29) is 17.5 Å². The van der Waals surface area contributed by atoms with Crippen molar-refractivity contribution >= 4 is 11.6 Å². The van der Waals surface area contributed by atoms with Gasteiger partial charge in [-0.2, -0.15) is 0 Å². The maximum absolute atomic E-state index is 12.4. The molecule has 1 atom stereocenters. The summed E-state index contributed by atoms with van der Waals surface area (Å²) in [6.45, 7) is 14.9. The number of benzene rings is 2. The summed E-state index contributed by atoms with van der Waals surface area (Å²) in [5.41, 5.74) is 11.0. The predicted octanol–water partition coefficient (Wildman–Crippen LogP) is 4.74. The second-order valence-electron chi connectivity index (χ2n) is 10.8. The van der Waals surface area contributed by atoms with Crippen LogP contribution in [0.25, 0.3) is 0 Å². The first-order valence-electron chi connectivity index (χ1n) is 13.0. The predicted molar refractivity (Wildman–Crippen MR) is 142 cm³/mol. The number of anilines is 1. The molecular weight excluding hydrogens is 438 g/mol. The average molecular weight is 480 g/mol. The first-order chi connectivity index (χ1) is 16.7. The van der Waals surface area contributed by atoms with Crippen molar-refractivity contribution in [2.75, 3.05) is 37.7 Å². The minimum absolute atomic E-state index is 0.186. The summed E-state index contributed by atoms with van der Waals surface area (Å²) in [6, 6.07) is 10.6. The fourth-order valence-electron chi connectivity index (χ4n) is 5.58. The molecule has 0 aliphatic carbocycles. The van der Waals surface area contributed by atoms with Gasteiger partial charge in [-0.25, -0.2) is 0 Å². The number of amides is 1. The lowest BCUT2D eigenvalue weighted by Crippen LogP contribution is -2.54. The number of aryl methyl sites for hydroxylation is 1. The topological polar surface area (TPSA) is 68.0 Å². The lowest BCUT2D eigenvalue weighted by molar-refractivity contribution is 0.0332. The number of carbonyl (C=O) groups excluding carboxylic acids is 1. The SMILES string of the molecule is CCCCN1CCc2cc(C[C@@H](C)N3CCOc4ccc(C)cc4OCC3(C)C)cc(C(N)=O)c21. The molecule has 0 saturated carbocycles. The molecule has 2 aromatic rings. The van der Waals surface area contributed by atoms with E-state index in [2.05, 4.69) is 56.6 Å². The third kappa shape index (κ3) is 5.58. The van der Waals surface area contributed by atoms with Gasteiger partial charge in [-0.05, 0) is 81.8 Å². The maximum Gasteiger partial charge on any atom is 0.250 e. The quantitative estimate of drug-likeness (QED) is 0.621. The number of ether oxygens (including phenoxy) is 2. The number of primary amides is 1. The molecule has 2 aliphatic heterocycles. The van der Waals surface area contributed by atoms with Gasteiger partial charge in [0, 0.05) is 31.2 Å². The molecule has 0 saturated heterocycles. The monoisotopic (exact) mass is 479 g/mol. The van der Waals surface area contributed by atoms with Gasteiger partial charge in [0.15, 0.2) is 11.5 Å². The normalized spacial score (nSPS) is 18.4. The van der Waals surface area contributed by atoms with Gasteiger partial charge in [0.05, 0.1) is 11.3 Å². The van der Waals surface area contributed by atoms with E-state index < -0.39 is 0 Å². The maximum atomic E-state index is 12.4. The summed E-state index contributed by atoms with van der Waals surface area (Å²) in [5, 5.41) is 0. The van der Waals surface area contributed by atoms with E-state index in [0.29, 0.717) is 18.8 Å². The van der Waals surface area contributed by atoms with Crippen LogP contribution < -0.4 is 20.1 Å².